The Morgan fingerprint density at radius 3 is 2.44 bits per heavy atom. The van der Waals surface area contributed by atoms with Crippen molar-refractivity contribution in [2.45, 2.75) is 25.0 Å². The predicted octanol–water partition coefficient (Wildman–Crippen LogP) is 2.52. The molecule has 0 N–H and O–H groups in total. The summed E-state index contributed by atoms with van der Waals surface area (Å²) in [6.07, 6.45) is 0.893. The molecule has 0 amide bonds. The van der Waals surface area contributed by atoms with Crippen molar-refractivity contribution >= 4 is 31.6 Å². The summed E-state index contributed by atoms with van der Waals surface area (Å²) in [5, 5.41) is 0. The summed E-state index contributed by atoms with van der Waals surface area (Å²) < 4.78 is 35.1. The largest absolute Gasteiger partial charge is 0.298 e. The fourth-order valence-corrected chi connectivity index (χ4v) is 2.17. The molecular formula is C12H14BrFO3S. The van der Waals surface area contributed by atoms with Crippen LogP contribution < -0.4 is 0 Å². The smallest absolute Gasteiger partial charge is 0.159 e. The third-order valence-corrected chi connectivity index (χ3v) is 5.95. The van der Waals surface area contributed by atoms with Gasteiger partial charge in [0.05, 0.1) is 4.47 Å². The molecule has 0 saturated carbocycles. The molecule has 0 aliphatic heterocycles. The highest BCUT2D eigenvalue weighted by Gasteiger charge is 2.38. The lowest BCUT2D eigenvalue weighted by atomic mass is 10.0. The Morgan fingerprint density at radius 2 is 1.94 bits per heavy atom. The van der Waals surface area contributed by atoms with Gasteiger partial charge in [0.25, 0.3) is 0 Å². The van der Waals surface area contributed by atoms with Gasteiger partial charge in [-0.2, -0.15) is 0 Å². The maximum absolute atomic E-state index is 13.3. The van der Waals surface area contributed by atoms with Crippen LogP contribution in [0.3, 0.4) is 0 Å². The van der Waals surface area contributed by atoms with Crippen LogP contribution in [0.5, 0.6) is 0 Å². The van der Waals surface area contributed by atoms with E-state index in [1.54, 1.807) is 6.07 Å². The van der Waals surface area contributed by atoms with Crippen LogP contribution in [-0.2, 0) is 21.1 Å². The molecule has 0 aliphatic rings. The lowest BCUT2D eigenvalue weighted by Crippen LogP contribution is -2.41. The molecule has 0 saturated heterocycles. The first kappa shape index (κ1) is 15.3. The van der Waals surface area contributed by atoms with Gasteiger partial charge in [-0.3, -0.25) is 4.79 Å². The molecular weight excluding hydrogens is 323 g/mol. The number of benzene rings is 1. The van der Waals surface area contributed by atoms with Crippen LogP contribution in [0.1, 0.15) is 19.4 Å². The third-order valence-electron chi connectivity index (χ3n) is 2.98. The maximum atomic E-state index is 13.3. The molecule has 3 nitrogen and oxygen atoms in total. The molecule has 0 unspecified atom stereocenters. The number of ketones is 1. The Kier molecular flexibility index (Phi) is 4.33. The van der Waals surface area contributed by atoms with Crippen molar-refractivity contribution < 1.29 is 17.6 Å². The highest BCUT2D eigenvalue weighted by Crippen LogP contribution is 2.24. The monoisotopic (exact) mass is 336 g/mol. The first-order chi connectivity index (χ1) is 8.07. The molecule has 0 spiro atoms. The van der Waals surface area contributed by atoms with E-state index in [2.05, 4.69) is 15.9 Å². The van der Waals surface area contributed by atoms with E-state index in [4.69, 9.17) is 0 Å². The van der Waals surface area contributed by atoms with Gasteiger partial charge in [-0.1, -0.05) is 12.1 Å². The number of hydrogen-bond acceptors (Lipinski definition) is 3. The van der Waals surface area contributed by atoms with Gasteiger partial charge in [-0.25, -0.2) is 12.8 Å². The van der Waals surface area contributed by atoms with Gasteiger partial charge < -0.3 is 0 Å². The summed E-state index contributed by atoms with van der Waals surface area (Å²) in [6.45, 7) is 2.72. The van der Waals surface area contributed by atoms with Gasteiger partial charge in [0.2, 0.25) is 0 Å². The zero-order valence-electron chi connectivity index (χ0n) is 10.3. The van der Waals surface area contributed by atoms with Crippen LogP contribution in [0.4, 0.5) is 4.39 Å². The molecule has 18 heavy (non-hydrogen) atoms. The van der Waals surface area contributed by atoms with E-state index in [0.717, 1.165) is 6.26 Å². The van der Waals surface area contributed by atoms with E-state index < -0.39 is 26.2 Å². The van der Waals surface area contributed by atoms with E-state index in [0.29, 0.717) is 5.56 Å². The summed E-state index contributed by atoms with van der Waals surface area (Å²) in [5.74, 6) is -0.936. The number of sulfone groups is 1. The minimum Gasteiger partial charge on any atom is -0.298 e. The molecule has 1 aromatic carbocycles. The zero-order chi connectivity index (χ0) is 14.1. The Bertz CT molecular complexity index is 579. The minimum atomic E-state index is -3.50. The quantitative estimate of drug-likeness (QED) is 0.848. The summed E-state index contributed by atoms with van der Waals surface area (Å²) in [7, 11) is -3.50. The Labute approximate surface area is 114 Å². The zero-order valence-corrected chi connectivity index (χ0v) is 12.7. The molecule has 1 rings (SSSR count). The van der Waals surface area contributed by atoms with Crippen molar-refractivity contribution in [3.8, 4) is 0 Å². The number of hydrogen-bond donors (Lipinski definition) is 0. The molecule has 100 valence electrons. The van der Waals surface area contributed by atoms with Gasteiger partial charge in [-0.15, -0.1) is 0 Å². The molecule has 0 aliphatic carbocycles. The number of carbonyl (C=O) groups is 1. The maximum Gasteiger partial charge on any atom is 0.159 e. The minimum absolute atomic E-state index is 0.127. The van der Waals surface area contributed by atoms with E-state index in [9.17, 15) is 17.6 Å². The number of halogens is 2. The predicted molar refractivity (Wildman–Crippen MR) is 71.7 cm³/mol. The van der Waals surface area contributed by atoms with Crippen LogP contribution in [-0.4, -0.2) is 25.2 Å². The van der Waals surface area contributed by atoms with Crippen LogP contribution in [0, 0.1) is 5.82 Å². The van der Waals surface area contributed by atoms with Crippen LogP contribution >= 0.6 is 15.9 Å². The van der Waals surface area contributed by atoms with Gasteiger partial charge >= 0.3 is 0 Å². The van der Waals surface area contributed by atoms with E-state index in [1.807, 2.05) is 0 Å². The SMILES string of the molecule is CC(C)(C(=O)Cc1cccc(F)c1Br)S(C)(=O)=O. The molecule has 0 heterocycles. The fraction of sp³-hybridized carbons (Fsp3) is 0.417. The van der Waals surface area contributed by atoms with Gasteiger partial charge in [0, 0.05) is 12.7 Å². The third kappa shape index (κ3) is 2.98. The second-order valence-corrected chi connectivity index (χ2v) is 7.95. The number of rotatable bonds is 4. The highest BCUT2D eigenvalue weighted by atomic mass is 79.9. The van der Waals surface area contributed by atoms with Crippen LogP contribution in [0.2, 0.25) is 0 Å². The molecule has 1 aromatic rings. The summed E-state index contributed by atoms with van der Waals surface area (Å²) >= 11 is 3.05. The summed E-state index contributed by atoms with van der Waals surface area (Å²) in [6, 6.07) is 4.33. The van der Waals surface area contributed by atoms with Gasteiger partial charge in [0.1, 0.15) is 10.6 Å². The number of Topliss-reactive ketones (excluding diaryl/α,β-unsaturated/α-hetero) is 1. The molecule has 0 bridgehead atoms. The summed E-state index contributed by atoms with van der Waals surface area (Å²) in [4.78, 5) is 12.0. The topological polar surface area (TPSA) is 51.2 Å². The van der Waals surface area contributed by atoms with Crippen molar-refractivity contribution in [3.05, 3.63) is 34.1 Å². The fourth-order valence-electron chi connectivity index (χ4n) is 1.28. The van der Waals surface area contributed by atoms with Crippen molar-refractivity contribution in [1.29, 1.82) is 0 Å². The van der Waals surface area contributed by atoms with Crippen molar-refractivity contribution in [2.24, 2.45) is 0 Å². The molecule has 0 radical (unpaired) electrons. The van der Waals surface area contributed by atoms with Crippen molar-refractivity contribution in [3.63, 3.8) is 0 Å². The lowest BCUT2D eigenvalue weighted by molar-refractivity contribution is -0.120. The molecule has 6 heteroatoms. The van der Waals surface area contributed by atoms with Crippen LogP contribution in [0.15, 0.2) is 22.7 Å². The summed E-state index contributed by atoms with van der Waals surface area (Å²) in [5.41, 5.74) is 0.441. The van der Waals surface area contributed by atoms with E-state index in [1.165, 1.54) is 26.0 Å². The van der Waals surface area contributed by atoms with Crippen molar-refractivity contribution in [1.82, 2.24) is 0 Å². The molecule has 0 atom stereocenters. The standard InChI is InChI=1S/C12H14BrFO3S/c1-12(2,18(3,16)17)10(15)7-8-5-4-6-9(14)11(8)13/h4-6H,7H2,1-3H3. The molecule has 0 fully saturated rings. The van der Waals surface area contributed by atoms with Gasteiger partial charge in [-0.05, 0) is 41.4 Å². The normalized spacial score (nSPS) is 12.5. The van der Waals surface area contributed by atoms with Crippen molar-refractivity contribution in [2.75, 3.05) is 6.26 Å². The number of carbonyl (C=O) groups excluding carboxylic acids is 1. The highest BCUT2D eigenvalue weighted by molar-refractivity contribution is 9.10. The van der Waals surface area contributed by atoms with Gasteiger partial charge in [0.15, 0.2) is 15.6 Å². The second kappa shape index (κ2) is 5.09. The van der Waals surface area contributed by atoms with Crippen LogP contribution in [0.25, 0.3) is 0 Å². The molecule has 0 aromatic heterocycles. The second-order valence-electron chi connectivity index (χ2n) is 4.60. The van der Waals surface area contributed by atoms with E-state index in [-0.39, 0.29) is 10.9 Å². The first-order valence-electron chi connectivity index (χ1n) is 5.23. The average molecular weight is 337 g/mol. The Morgan fingerprint density at radius 1 is 1.39 bits per heavy atom. The Hall–Kier alpha value is -0.750. The Balaban J connectivity index is 3.06. The van der Waals surface area contributed by atoms with E-state index >= 15 is 0 Å². The average Bonchev–Trinajstić information content (AvgIpc) is 2.23. The first-order valence-corrected chi connectivity index (χ1v) is 7.91. The lowest BCUT2D eigenvalue weighted by Gasteiger charge is -2.21.